The molecule has 2 amide bonds. The number of amides is 2. The van der Waals surface area contributed by atoms with Crippen molar-refractivity contribution in [2.75, 3.05) is 26.4 Å². The van der Waals surface area contributed by atoms with E-state index in [0.717, 1.165) is 70.6 Å². The lowest BCUT2D eigenvalue weighted by molar-refractivity contribution is -0.386. The number of carboxylic acids is 1. The van der Waals surface area contributed by atoms with Gasteiger partial charge in [-0.05, 0) is 18.8 Å². The Morgan fingerprint density at radius 2 is 1.07 bits per heavy atom. The SMILES string of the molecule is CCCCCCCCCCCCCCCCCCCCC(O)C(=O)NC(COC1OC(CO)C(OC2OC(CO)C(O)C(OC3(C(=O)O)CC(O)C(NC(C)=O)C(C(O)C(O)CO)O3)C2O)C(O)C1O)C(O)C(O)CCCCCCCCCCCC(C)CC. The number of ether oxygens (including phenoxy) is 6. The number of aliphatic hydroxyl groups excluding tert-OH is 13. The summed E-state index contributed by atoms with van der Waals surface area (Å²) in [6.07, 6.45) is -0.223. The number of rotatable bonds is 50. The lowest BCUT2D eigenvalue weighted by Gasteiger charge is -2.50. The van der Waals surface area contributed by atoms with E-state index in [-0.39, 0.29) is 12.8 Å². The number of carboxylic acid groups (broad SMARTS) is 1. The van der Waals surface area contributed by atoms with Gasteiger partial charge in [-0.25, -0.2) is 4.79 Å². The van der Waals surface area contributed by atoms with Crippen molar-refractivity contribution < 1.29 is 114 Å². The minimum Gasteiger partial charge on any atom is -0.477 e. The molecule has 3 heterocycles. The second-order valence-electron chi connectivity index (χ2n) is 25.6. The van der Waals surface area contributed by atoms with Gasteiger partial charge in [0.05, 0.1) is 50.7 Å². The molecule has 89 heavy (non-hydrogen) atoms. The standard InChI is InChI=1S/C64H120N2O23/c1-5-7-8-9-10-11-12-13-14-15-16-17-18-19-22-26-29-32-35-45(72)60(81)66-43(51(75)44(71)34-31-28-25-23-20-21-24-27-30-33-41(3)6-2)40-84-61-55(79)54(78)57(49(39-69)86-61)87-62-56(80)59(53(77)48(38-68)85-62)89-64(63(82)83)36-46(73)50(65-42(4)70)58(88-64)52(76)47(74)37-67/h41,43-59,61-62,67-69,71-80H,5-40H2,1-4H3,(H,65,70)(H,66,81)(H,82,83). The quantitative estimate of drug-likeness (QED) is 0.0389. The van der Waals surface area contributed by atoms with Gasteiger partial charge in [-0.3, -0.25) is 9.59 Å². The van der Waals surface area contributed by atoms with Gasteiger partial charge >= 0.3 is 5.97 Å². The Morgan fingerprint density at radius 1 is 0.584 bits per heavy atom. The van der Waals surface area contributed by atoms with Crippen molar-refractivity contribution in [2.24, 2.45) is 5.92 Å². The van der Waals surface area contributed by atoms with Gasteiger partial charge in [-0.15, -0.1) is 0 Å². The molecule has 0 aromatic carbocycles. The molecule has 16 N–H and O–H groups in total. The molecule has 3 aliphatic heterocycles. The topological polar surface area (TPSA) is 414 Å². The molecule has 0 radical (unpaired) electrons. The zero-order valence-electron chi connectivity index (χ0n) is 53.9. The Hall–Kier alpha value is -2.35. The van der Waals surface area contributed by atoms with Crippen LogP contribution in [0.2, 0.25) is 0 Å². The van der Waals surface area contributed by atoms with Gasteiger partial charge in [0, 0.05) is 13.3 Å². The summed E-state index contributed by atoms with van der Waals surface area (Å²) in [5.74, 6) is -5.98. The van der Waals surface area contributed by atoms with Crippen LogP contribution in [0.4, 0.5) is 0 Å². The maximum atomic E-state index is 13.6. The van der Waals surface area contributed by atoms with Crippen molar-refractivity contribution in [3.63, 3.8) is 0 Å². The van der Waals surface area contributed by atoms with E-state index in [1.165, 1.54) is 116 Å². The zero-order chi connectivity index (χ0) is 65.9. The summed E-state index contributed by atoms with van der Waals surface area (Å²) in [7, 11) is 0. The van der Waals surface area contributed by atoms with Gasteiger partial charge < -0.3 is 111 Å². The summed E-state index contributed by atoms with van der Waals surface area (Å²) < 4.78 is 34.6. The molecular formula is C64H120N2O23. The summed E-state index contributed by atoms with van der Waals surface area (Å²) in [6.45, 7) is 4.03. The van der Waals surface area contributed by atoms with Crippen LogP contribution in [0.3, 0.4) is 0 Å². The van der Waals surface area contributed by atoms with Gasteiger partial charge in [0.15, 0.2) is 12.6 Å². The first-order valence-corrected chi connectivity index (χ1v) is 34.0. The molecule has 3 aliphatic rings. The fourth-order valence-corrected chi connectivity index (χ4v) is 12.1. The minimum atomic E-state index is -3.11. The summed E-state index contributed by atoms with van der Waals surface area (Å²) >= 11 is 0. The first-order chi connectivity index (χ1) is 42.6. The largest absolute Gasteiger partial charge is 0.477 e. The molecule has 25 nitrogen and oxygen atoms in total. The summed E-state index contributed by atoms with van der Waals surface area (Å²) in [5, 5.41) is 158. The molecule has 3 fully saturated rings. The molecule has 524 valence electrons. The highest BCUT2D eigenvalue weighted by atomic mass is 16.8. The number of hydrogen-bond donors (Lipinski definition) is 16. The van der Waals surface area contributed by atoms with Crippen LogP contribution < -0.4 is 10.6 Å². The predicted molar refractivity (Wildman–Crippen MR) is 327 cm³/mol. The first-order valence-electron chi connectivity index (χ1n) is 34.0. The smallest absolute Gasteiger partial charge is 0.364 e. The Bertz CT molecular complexity index is 1860. The molecular weight excluding hydrogens is 1160 g/mol. The number of aliphatic hydroxyl groups is 13. The van der Waals surface area contributed by atoms with Crippen molar-refractivity contribution in [3.8, 4) is 0 Å². The number of nitrogens with one attached hydrogen (secondary N) is 2. The Balaban J connectivity index is 1.65. The van der Waals surface area contributed by atoms with E-state index in [1.807, 2.05) is 0 Å². The first kappa shape index (κ1) is 80.9. The highest BCUT2D eigenvalue weighted by molar-refractivity contribution is 5.80. The van der Waals surface area contributed by atoms with Crippen LogP contribution in [-0.2, 0) is 42.8 Å². The molecule has 21 unspecified atom stereocenters. The van der Waals surface area contributed by atoms with Crippen LogP contribution in [-0.4, -0.2) is 238 Å². The molecule has 0 aromatic rings. The second kappa shape index (κ2) is 45.1. The highest BCUT2D eigenvalue weighted by Gasteiger charge is 2.60. The van der Waals surface area contributed by atoms with Gasteiger partial charge in [-0.2, -0.15) is 0 Å². The Labute approximate surface area is 528 Å². The molecule has 0 aliphatic carbocycles. The van der Waals surface area contributed by atoms with Crippen molar-refractivity contribution in [3.05, 3.63) is 0 Å². The van der Waals surface area contributed by atoms with Crippen molar-refractivity contribution in [1.29, 1.82) is 0 Å². The summed E-state index contributed by atoms with van der Waals surface area (Å²) in [5.41, 5.74) is 0. The average molecular weight is 1290 g/mol. The maximum Gasteiger partial charge on any atom is 0.364 e. The molecule has 0 bridgehead atoms. The minimum absolute atomic E-state index is 0.133. The van der Waals surface area contributed by atoms with Crippen LogP contribution in [0.5, 0.6) is 0 Å². The van der Waals surface area contributed by atoms with Crippen molar-refractivity contribution >= 4 is 17.8 Å². The van der Waals surface area contributed by atoms with E-state index in [9.17, 15) is 85.9 Å². The lowest BCUT2D eigenvalue weighted by Crippen LogP contribution is -2.70. The number of carbonyl (C=O) groups excluding carboxylic acids is 2. The Kier molecular flexibility index (Phi) is 41.0. The fourth-order valence-electron chi connectivity index (χ4n) is 12.1. The predicted octanol–water partition coefficient (Wildman–Crippen LogP) is 3.14. The van der Waals surface area contributed by atoms with E-state index in [4.69, 9.17) is 28.4 Å². The normalized spacial score (nSPS) is 29.8. The van der Waals surface area contributed by atoms with Crippen LogP contribution in [0.1, 0.15) is 233 Å². The number of hydrogen-bond acceptors (Lipinski definition) is 22. The number of carbonyl (C=O) groups is 3. The van der Waals surface area contributed by atoms with Gasteiger partial charge in [0.1, 0.15) is 79.4 Å². The molecule has 0 saturated carbocycles. The maximum absolute atomic E-state index is 13.6. The van der Waals surface area contributed by atoms with Crippen LogP contribution >= 0.6 is 0 Å². The van der Waals surface area contributed by atoms with Crippen molar-refractivity contribution in [2.45, 2.75) is 355 Å². The summed E-state index contributed by atoms with van der Waals surface area (Å²) in [4.78, 5) is 38.6. The molecule has 3 saturated heterocycles. The highest BCUT2D eigenvalue weighted by Crippen LogP contribution is 2.39. The molecule has 0 spiro atoms. The van der Waals surface area contributed by atoms with E-state index in [0.29, 0.717) is 12.8 Å². The molecule has 25 heteroatoms. The Morgan fingerprint density at radius 3 is 1.54 bits per heavy atom. The fraction of sp³-hybridized carbons (Fsp3) is 0.953. The third kappa shape index (κ3) is 28.3. The number of unbranched alkanes of at least 4 members (excludes halogenated alkanes) is 25. The molecule has 3 rings (SSSR count). The third-order valence-corrected chi connectivity index (χ3v) is 18.0. The third-order valence-electron chi connectivity index (χ3n) is 18.0. The summed E-state index contributed by atoms with van der Waals surface area (Å²) in [6, 6.07) is -3.00. The van der Waals surface area contributed by atoms with Crippen molar-refractivity contribution in [1.82, 2.24) is 10.6 Å². The van der Waals surface area contributed by atoms with Crippen LogP contribution in [0.25, 0.3) is 0 Å². The average Bonchev–Trinajstić information content (AvgIpc) is 1.09. The lowest BCUT2D eigenvalue weighted by atomic mass is 9.88. The van der Waals surface area contributed by atoms with E-state index in [1.54, 1.807) is 0 Å². The van der Waals surface area contributed by atoms with Gasteiger partial charge in [-0.1, -0.05) is 207 Å². The zero-order valence-corrected chi connectivity index (χ0v) is 53.9. The van der Waals surface area contributed by atoms with Gasteiger partial charge in [0.25, 0.3) is 5.79 Å². The van der Waals surface area contributed by atoms with E-state index >= 15 is 0 Å². The van der Waals surface area contributed by atoms with Crippen LogP contribution in [0.15, 0.2) is 0 Å². The van der Waals surface area contributed by atoms with E-state index in [2.05, 4.69) is 31.4 Å². The van der Waals surface area contributed by atoms with E-state index < -0.39 is 173 Å². The van der Waals surface area contributed by atoms with Crippen LogP contribution in [0, 0.1) is 5.92 Å². The molecule has 0 aromatic heterocycles. The van der Waals surface area contributed by atoms with Gasteiger partial charge in [0.2, 0.25) is 11.8 Å². The monoisotopic (exact) mass is 1280 g/mol. The second-order valence-corrected chi connectivity index (χ2v) is 25.6. The molecule has 21 atom stereocenters. The number of aliphatic carboxylic acids is 1.